The van der Waals surface area contributed by atoms with Crippen LogP contribution in [-0.2, 0) is 4.79 Å². The summed E-state index contributed by atoms with van der Waals surface area (Å²) < 4.78 is 1.45. The summed E-state index contributed by atoms with van der Waals surface area (Å²) in [5.41, 5.74) is 1.77. The number of aryl methyl sites for hydroxylation is 1. The monoisotopic (exact) mass is 380 g/mol. The number of rotatable bonds is 4. The first-order valence-corrected chi connectivity index (χ1v) is 10.3. The standard InChI is InChI=1S/C22H28N4O2/c1-17-6-8-19(9-7-17)26-21(27)11-10-20(23-26)24-12-14-25(15-13-24)22(28)16-18-4-2-3-5-18/h6-11,18H,2-5,12-16H2,1H3. The van der Waals surface area contributed by atoms with Crippen LogP contribution < -0.4 is 10.5 Å². The average molecular weight is 380 g/mol. The fourth-order valence-electron chi connectivity index (χ4n) is 4.22. The summed E-state index contributed by atoms with van der Waals surface area (Å²) in [5, 5.41) is 4.58. The lowest BCUT2D eigenvalue weighted by Crippen LogP contribution is -2.49. The number of hydrogen-bond donors (Lipinski definition) is 0. The molecule has 1 aliphatic carbocycles. The summed E-state index contributed by atoms with van der Waals surface area (Å²) in [6, 6.07) is 11.1. The van der Waals surface area contributed by atoms with Crippen LogP contribution >= 0.6 is 0 Å². The molecule has 0 bridgehead atoms. The predicted molar refractivity (Wildman–Crippen MR) is 110 cm³/mol. The summed E-state index contributed by atoms with van der Waals surface area (Å²) in [5.74, 6) is 1.66. The highest BCUT2D eigenvalue weighted by Crippen LogP contribution is 2.28. The van der Waals surface area contributed by atoms with Gasteiger partial charge in [0.25, 0.3) is 5.56 Å². The number of nitrogens with zero attached hydrogens (tertiary/aromatic N) is 4. The molecule has 1 saturated carbocycles. The number of piperazine rings is 1. The fourth-order valence-corrected chi connectivity index (χ4v) is 4.22. The molecule has 0 N–H and O–H groups in total. The van der Waals surface area contributed by atoms with Gasteiger partial charge in [0.15, 0.2) is 0 Å². The number of carbonyl (C=O) groups excluding carboxylic acids is 1. The van der Waals surface area contributed by atoms with E-state index in [4.69, 9.17) is 0 Å². The number of carbonyl (C=O) groups is 1. The minimum absolute atomic E-state index is 0.141. The van der Waals surface area contributed by atoms with Gasteiger partial charge in [0.05, 0.1) is 5.69 Å². The number of benzene rings is 1. The summed E-state index contributed by atoms with van der Waals surface area (Å²) in [7, 11) is 0. The minimum Gasteiger partial charge on any atom is -0.352 e. The van der Waals surface area contributed by atoms with E-state index in [9.17, 15) is 9.59 Å². The summed E-state index contributed by atoms with van der Waals surface area (Å²) >= 11 is 0. The predicted octanol–water partition coefficient (Wildman–Crippen LogP) is 2.77. The Kier molecular flexibility index (Phi) is 5.46. The first kappa shape index (κ1) is 18.7. The van der Waals surface area contributed by atoms with Gasteiger partial charge in [0, 0.05) is 38.7 Å². The van der Waals surface area contributed by atoms with Gasteiger partial charge in [-0.3, -0.25) is 9.59 Å². The Hall–Kier alpha value is -2.63. The van der Waals surface area contributed by atoms with Crippen LogP contribution in [0.5, 0.6) is 0 Å². The largest absolute Gasteiger partial charge is 0.352 e. The van der Waals surface area contributed by atoms with Crippen molar-refractivity contribution in [3.63, 3.8) is 0 Å². The quantitative estimate of drug-likeness (QED) is 0.818. The molecule has 2 fully saturated rings. The molecule has 6 nitrogen and oxygen atoms in total. The summed E-state index contributed by atoms with van der Waals surface area (Å²) in [6.07, 6.45) is 5.66. The molecule has 0 spiro atoms. The zero-order valence-electron chi connectivity index (χ0n) is 16.5. The second-order valence-corrected chi connectivity index (χ2v) is 8.00. The second kappa shape index (κ2) is 8.17. The Morgan fingerprint density at radius 3 is 2.36 bits per heavy atom. The molecular formula is C22H28N4O2. The number of amides is 1. The van der Waals surface area contributed by atoms with Crippen molar-refractivity contribution in [3.8, 4) is 5.69 Å². The molecule has 148 valence electrons. The van der Waals surface area contributed by atoms with Gasteiger partial charge < -0.3 is 9.80 Å². The van der Waals surface area contributed by atoms with Crippen LogP contribution in [0.1, 0.15) is 37.7 Å². The fraction of sp³-hybridized carbons (Fsp3) is 0.500. The molecule has 1 saturated heterocycles. The normalized spacial score (nSPS) is 17.9. The third kappa shape index (κ3) is 4.11. The molecule has 28 heavy (non-hydrogen) atoms. The van der Waals surface area contributed by atoms with E-state index in [-0.39, 0.29) is 5.56 Å². The SMILES string of the molecule is Cc1ccc(-n2nc(N3CCN(C(=O)CC4CCCC4)CC3)ccc2=O)cc1. The summed E-state index contributed by atoms with van der Waals surface area (Å²) in [4.78, 5) is 29.0. The van der Waals surface area contributed by atoms with E-state index in [1.165, 1.54) is 30.4 Å². The Balaban J connectivity index is 1.41. The van der Waals surface area contributed by atoms with E-state index < -0.39 is 0 Å². The molecule has 1 aromatic carbocycles. The van der Waals surface area contributed by atoms with Crippen LogP contribution in [0.4, 0.5) is 5.82 Å². The van der Waals surface area contributed by atoms with Gasteiger partial charge in [0.2, 0.25) is 5.91 Å². The van der Waals surface area contributed by atoms with Crippen LogP contribution in [0, 0.1) is 12.8 Å². The minimum atomic E-state index is -0.141. The van der Waals surface area contributed by atoms with E-state index in [0.717, 1.165) is 43.2 Å². The van der Waals surface area contributed by atoms with E-state index in [1.807, 2.05) is 36.1 Å². The highest BCUT2D eigenvalue weighted by atomic mass is 16.2. The van der Waals surface area contributed by atoms with Crippen LogP contribution in [0.2, 0.25) is 0 Å². The molecule has 1 amide bonds. The smallest absolute Gasteiger partial charge is 0.271 e. The van der Waals surface area contributed by atoms with Crippen molar-refractivity contribution >= 4 is 11.7 Å². The Bertz CT molecular complexity index is 876. The Morgan fingerprint density at radius 2 is 1.68 bits per heavy atom. The van der Waals surface area contributed by atoms with E-state index in [2.05, 4.69) is 10.00 Å². The van der Waals surface area contributed by atoms with Crippen LogP contribution in [0.25, 0.3) is 5.69 Å². The van der Waals surface area contributed by atoms with Crippen molar-refractivity contribution in [3.05, 3.63) is 52.3 Å². The van der Waals surface area contributed by atoms with Crippen molar-refractivity contribution in [2.24, 2.45) is 5.92 Å². The van der Waals surface area contributed by atoms with Gasteiger partial charge >= 0.3 is 0 Å². The lowest BCUT2D eigenvalue weighted by Gasteiger charge is -2.35. The molecule has 1 aliphatic heterocycles. The first-order chi connectivity index (χ1) is 13.6. The second-order valence-electron chi connectivity index (χ2n) is 8.00. The molecule has 0 unspecified atom stereocenters. The third-order valence-electron chi connectivity index (χ3n) is 5.96. The number of anilines is 1. The van der Waals surface area contributed by atoms with Crippen molar-refractivity contribution in [2.45, 2.75) is 39.0 Å². The highest BCUT2D eigenvalue weighted by molar-refractivity contribution is 5.76. The molecule has 2 aliphatic rings. The maximum absolute atomic E-state index is 12.6. The van der Waals surface area contributed by atoms with Crippen LogP contribution in [0.15, 0.2) is 41.2 Å². The van der Waals surface area contributed by atoms with Gasteiger partial charge in [0.1, 0.15) is 5.82 Å². The lowest BCUT2D eigenvalue weighted by molar-refractivity contribution is -0.132. The van der Waals surface area contributed by atoms with Gasteiger partial charge in [-0.1, -0.05) is 30.5 Å². The molecule has 1 aromatic heterocycles. The molecule has 4 rings (SSSR count). The van der Waals surface area contributed by atoms with E-state index in [0.29, 0.717) is 18.2 Å². The average Bonchev–Trinajstić information content (AvgIpc) is 3.22. The maximum Gasteiger partial charge on any atom is 0.271 e. The van der Waals surface area contributed by atoms with Gasteiger partial charge in [-0.2, -0.15) is 4.68 Å². The molecule has 0 atom stereocenters. The topological polar surface area (TPSA) is 58.4 Å². The van der Waals surface area contributed by atoms with Gasteiger partial charge in [-0.15, -0.1) is 5.10 Å². The van der Waals surface area contributed by atoms with Crippen molar-refractivity contribution in [2.75, 3.05) is 31.1 Å². The van der Waals surface area contributed by atoms with Crippen LogP contribution in [0.3, 0.4) is 0 Å². The molecule has 0 radical (unpaired) electrons. The van der Waals surface area contributed by atoms with E-state index in [1.54, 1.807) is 12.1 Å². The number of aromatic nitrogens is 2. The molecular weight excluding hydrogens is 352 g/mol. The van der Waals surface area contributed by atoms with Crippen molar-refractivity contribution in [1.29, 1.82) is 0 Å². The zero-order valence-corrected chi connectivity index (χ0v) is 16.5. The molecule has 2 heterocycles. The van der Waals surface area contributed by atoms with Crippen LogP contribution in [-0.4, -0.2) is 46.8 Å². The number of hydrogen-bond acceptors (Lipinski definition) is 4. The van der Waals surface area contributed by atoms with Gasteiger partial charge in [-0.25, -0.2) is 0 Å². The van der Waals surface area contributed by atoms with Crippen molar-refractivity contribution in [1.82, 2.24) is 14.7 Å². The first-order valence-electron chi connectivity index (χ1n) is 10.3. The Morgan fingerprint density at radius 1 is 1.00 bits per heavy atom. The van der Waals surface area contributed by atoms with Gasteiger partial charge in [-0.05, 0) is 43.9 Å². The maximum atomic E-state index is 12.6. The molecule has 6 heteroatoms. The summed E-state index contributed by atoms with van der Waals surface area (Å²) in [6.45, 7) is 4.95. The Labute approximate surface area is 165 Å². The van der Waals surface area contributed by atoms with Crippen molar-refractivity contribution < 1.29 is 4.79 Å². The third-order valence-corrected chi connectivity index (χ3v) is 5.96. The van der Waals surface area contributed by atoms with E-state index >= 15 is 0 Å². The zero-order chi connectivity index (χ0) is 19.5. The highest BCUT2D eigenvalue weighted by Gasteiger charge is 2.25. The molecule has 2 aromatic rings. The lowest BCUT2D eigenvalue weighted by atomic mass is 10.0.